The summed E-state index contributed by atoms with van der Waals surface area (Å²) in [5.74, 6) is -0.758. The molecule has 1 aromatic rings. The Morgan fingerprint density at radius 1 is 1.33 bits per heavy atom. The summed E-state index contributed by atoms with van der Waals surface area (Å²) in [6.07, 6.45) is 1.83. The first-order valence-corrected chi connectivity index (χ1v) is 8.57. The zero-order valence-corrected chi connectivity index (χ0v) is 14.5. The Morgan fingerprint density at radius 2 is 2.00 bits per heavy atom. The molecule has 1 fully saturated rings. The maximum absolute atomic E-state index is 12.2. The first-order chi connectivity index (χ1) is 9.88. The van der Waals surface area contributed by atoms with Gasteiger partial charge in [0.1, 0.15) is 6.54 Å². The summed E-state index contributed by atoms with van der Waals surface area (Å²) >= 11 is 4.96. The summed E-state index contributed by atoms with van der Waals surface area (Å²) in [5, 5.41) is 8.90. The zero-order chi connectivity index (χ0) is 15.6. The Bertz CT molecular complexity index is 572. The van der Waals surface area contributed by atoms with Crippen LogP contribution in [0.2, 0.25) is 0 Å². The van der Waals surface area contributed by atoms with Crippen LogP contribution >= 0.6 is 27.7 Å². The number of aliphatic carboxylic acids is 1. The summed E-state index contributed by atoms with van der Waals surface area (Å²) < 4.78 is 1.06. The first-order valence-electron chi connectivity index (χ1n) is 6.79. The molecule has 0 atom stereocenters. The fourth-order valence-corrected chi connectivity index (χ4v) is 3.53. The third-order valence-corrected chi connectivity index (χ3v) is 5.42. The van der Waals surface area contributed by atoms with Gasteiger partial charge < -0.3 is 10.0 Å². The van der Waals surface area contributed by atoms with Crippen LogP contribution in [0.4, 0.5) is 0 Å². The molecular formula is C15H18BrNO3S. The minimum atomic E-state index is -0.948. The van der Waals surface area contributed by atoms with E-state index in [-0.39, 0.29) is 24.2 Å². The lowest BCUT2D eigenvalue weighted by Crippen LogP contribution is -2.38. The Labute approximate surface area is 137 Å². The van der Waals surface area contributed by atoms with Crippen LogP contribution in [0.25, 0.3) is 0 Å². The molecule has 114 valence electrons. The average molecular weight is 372 g/mol. The lowest BCUT2D eigenvalue weighted by atomic mass is 10.2. The van der Waals surface area contributed by atoms with Crippen molar-refractivity contribution in [3.63, 3.8) is 0 Å². The molecule has 0 radical (unpaired) electrons. The maximum Gasteiger partial charge on any atom is 0.323 e. The minimum absolute atomic E-state index is 0.0927. The monoisotopic (exact) mass is 371 g/mol. The normalized spacial score (nSPS) is 14.0. The van der Waals surface area contributed by atoms with Crippen LogP contribution < -0.4 is 0 Å². The van der Waals surface area contributed by atoms with Gasteiger partial charge in [0.2, 0.25) is 5.91 Å². The van der Waals surface area contributed by atoms with E-state index in [4.69, 9.17) is 5.11 Å². The van der Waals surface area contributed by atoms with Gasteiger partial charge in [-0.3, -0.25) is 9.59 Å². The van der Waals surface area contributed by atoms with Crippen LogP contribution in [0.1, 0.15) is 24.0 Å². The molecule has 6 heteroatoms. The van der Waals surface area contributed by atoms with Crippen LogP contribution in [0.15, 0.2) is 21.5 Å². The molecule has 0 aliphatic heterocycles. The fraction of sp³-hybridized carbons (Fsp3) is 0.467. The van der Waals surface area contributed by atoms with Gasteiger partial charge >= 0.3 is 5.97 Å². The predicted octanol–water partition coefficient (Wildman–Crippen LogP) is 3.23. The molecule has 1 aliphatic rings. The van der Waals surface area contributed by atoms with Crippen molar-refractivity contribution in [3.05, 3.63) is 27.7 Å². The number of thioether (sulfide) groups is 1. The van der Waals surface area contributed by atoms with E-state index in [2.05, 4.69) is 22.0 Å². The van der Waals surface area contributed by atoms with Crippen molar-refractivity contribution in [2.24, 2.45) is 0 Å². The van der Waals surface area contributed by atoms with Crippen LogP contribution in [-0.4, -0.2) is 40.2 Å². The average Bonchev–Trinajstić information content (AvgIpc) is 3.22. The molecule has 2 rings (SSSR count). The third-order valence-electron chi connectivity index (χ3n) is 3.42. The van der Waals surface area contributed by atoms with E-state index in [9.17, 15) is 9.59 Å². The molecule has 0 unspecified atom stereocenters. The number of carbonyl (C=O) groups excluding carboxylic acids is 1. The Kier molecular flexibility index (Phi) is 5.32. The van der Waals surface area contributed by atoms with Gasteiger partial charge in [-0.05, 0) is 49.9 Å². The van der Waals surface area contributed by atoms with E-state index < -0.39 is 5.97 Å². The number of amides is 1. The summed E-state index contributed by atoms with van der Waals surface area (Å²) in [4.78, 5) is 25.6. The van der Waals surface area contributed by atoms with Gasteiger partial charge in [-0.2, -0.15) is 0 Å². The van der Waals surface area contributed by atoms with E-state index >= 15 is 0 Å². The van der Waals surface area contributed by atoms with Crippen LogP contribution in [0.5, 0.6) is 0 Å². The minimum Gasteiger partial charge on any atom is -0.480 e. The molecule has 21 heavy (non-hydrogen) atoms. The Balaban J connectivity index is 1.99. The first kappa shape index (κ1) is 16.4. The van der Waals surface area contributed by atoms with Gasteiger partial charge in [-0.1, -0.05) is 15.9 Å². The van der Waals surface area contributed by atoms with Crippen molar-refractivity contribution in [1.29, 1.82) is 0 Å². The second-order valence-corrected chi connectivity index (χ2v) is 7.17. The number of halogens is 1. The van der Waals surface area contributed by atoms with Crippen molar-refractivity contribution < 1.29 is 14.7 Å². The van der Waals surface area contributed by atoms with Gasteiger partial charge in [0.25, 0.3) is 0 Å². The predicted molar refractivity (Wildman–Crippen MR) is 86.7 cm³/mol. The molecule has 1 N–H and O–H groups in total. The van der Waals surface area contributed by atoms with Gasteiger partial charge in [0, 0.05) is 15.4 Å². The molecule has 0 aromatic heterocycles. The van der Waals surface area contributed by atoms with E-state index in [1.807, 2.05) is 19.9 Å². The van der Waals surface area contributed by atoms with E-state index in [1.165, 1.54) is 16.7 Å². The largest absolute Gasteiger partial charge is 0.480 e. The van der Waals surface area contributed by atoms with E-state index in [0.717, 1.165) is 33.3 Å². The number of carboxylic acids is 1. The van der Waals surface area contributed by atoms with Crippen molar-refractivity contribution in [1.82, 2.24) is 4.90 Å². The number of nitrogens with zero attached hydrogens (tertiary/aromatic N) is 1. The van der Waals surface area contributed by atoms with Crippen LogP contribution in [0.3, 0.4) is 0 Å². The highest BCUT2D eigenvalue weighted by molar-refractivity contribution is 9.10. The Morgan fingerprint density at radius 3 is 2.57 bits per heavy atom. The lowest BCUT2D eigenvalue weighted by Gasteiger charge is -2.20. The van der Waals surface area contributed by atoms with Crippen molar-refractivity contribution in [2.75, 3.05) is 12.3 Å². The standard InChI is InChI=1S/C15H18BrNO3S/c1-9-6-13(10(2)5-12(9)16)21-8-14(18)17(7-15(19)20)11-3-4-11/h5-6,11H,3-4,7-8H2,1-2H3,(H,19,20). The second kappa shape index (κ2) is 6.83. The van der Waals surface area contributed by atoms with Gasteiger partial charge in [0.15, 0.2) is 0 Å². The van der Waals surface area contributed by atoms with Gasteiger partial charge in [0.05, 0.1) is 5.75 Å². The number of hydrogen-bond donors (Lipinski definition) is 1. The SMILES string of the molecule is Cc1cc(SCC(=O)N(CC(=O)O)C2CC2)c(C)cc1Br. The molecule has 1 amide bonds. The highest BCUT2D eigenvalue weighted by Gasteiger charge is 2.33. The van der Waals surface area contributed by atoms with Crippen LogP contribution in [0, 0.1) is 13.8 Å². The quantitative estimate of drug-likeness (QED) is 0.779. The molecule has 1 saturated carbocycles. The van der Waals surface area contributed by atoms with Crippen molar-refractivity contribution in [2.45, 2.75) is 37.6 Å². The Hall–Kier alpha value is -1.01. The highest BCUT2D eigenvalue weighted by Crippen LogP contribution is 2.31. The number of benzene rings is 1. The number of carboxylic acid groups (broad SMARTS) is 1. The summed E-state index contributed by atoms with van der Waals surface area (Å²) in [6.45, 7) is 3.83. The number of carbonyl (C=O) groups is 2. The molecule has 4 nitrogen and oxygen atoms in total. The lowest BCUT2D eigenvalue weighted by molar-refractivity contribution is -0.143. The molecule has 0 heterocycles. The summed E-state index contributed by atoms with van der Waals surface area (Å²) in [6, 6.07) is 4.22. The second-order valence-electron chi connectivity index (χ2n) is 5.30. The molecule has 0 bridgehead atoms. The summed E-state index contributed by atoms with van der Waals surface area (Å²) in [5.41, 5.74) is 2.24. The smallest absolute Gasteiger partial charge is 0.323 e. The summed E-state index contributed by atoms with van der Waals surface area (Å²) in [7, 11) is 0. The molecular weight excluding hydrogens is 354 g/mol. The number of aryl methyl sites for hydroxylation is 2. The van der Waals surface area contributed by atoms with Gasteiger partial charge in [-0.25, -0.2) is 0 Å². The number of rotatable bonds is 6. The molecule has 0 saturated heterocycles. The molecule has 0 spiro atoms. The third kappa shape index (κ3) is 4.48. The van der Waals surface area contributed by atoms with Crippen LogP contribution in [-0.2, 0) is 9.59 Å². The van der Waals surface area contributed by atoms with Gasteiger partial charge in [-0.15, -0.1) is 11.8 Å². The topological polar surface area (TPSA) is 57.6 Å². The fourth-order valence-electron chi connectivity index (χ4n) is 2.09. The van der Waals surface area contributed by atoms with Crippen molar-refractivity contribution >= 4 is 39.6 Å². The highest BCUT2D eigenvalue weighted by atomic mass is 79.9. The molecule has 1 aliphatic carbocycles. The van der Waals surface area contributed by atoms with E-state index in [0.29, 0.717) is 0 Å². The molecule has 1 aromatic carbocycles. The maximum atomic E-state index is 12.2. The van der Waals surface area contributed by atoms with E-state index in [1.54, 1.807) is 0 Å². The van der Waals surface area contributed by atoms with Crippen molar-refractivity contribution in [3.8, 4) is 0 Å². The zero-order valence-electron chi connectivity index (χ0n) is 12.1. The number of hydrogen-bond acceptors (Lipinski definition) is 3.